The molecule has 0 radical (unpaired) electrons. The second-order valence-corrected chi connectivity index (χ2v) is 5.67. The molecule has 0 bridgehead atoms. The lowest BCUT2D eigenvalue weighted by Crippen LogP contribution is -2.33. The van der Waals surface area contributed by atoms with Crippen LogP contribution in [0.15, 0.2) is 65.6 Å². The molecule has 3 rings (SSSR count). The summed E-state index contributed by atoms with van der Waals surface area (Å²) in [4.78, 5) is 18.8. The standard InChI is InChI=1S/C18H20N4O/c1-14(13-21(2)15-8-4-3-5-9-15)19-16-12-18(23)22-11-7-6-10-17(22)20-16/h3-12,14,19H,13H2,1-2H3. The van der Waals surface area contributed by atoms with Gasteiger partial charge in [0.25, 0.3) is 5.56 Å². The quantitative estimate of drug-likeness (QED) is 0.787. The molecule has 1 aromatic carbocycles. The van der Waals surface area contributed by atoms with E-state index >= 15 is 0 Å². The minimum atomic E-state index is -0.0817. The van der Waals surface area contributed by atoms with Crippen molar-refractivity contribution in [1.29, 1.82) is 0 Å². The van der Waals surface area contributed by atoms with Crippen molar-refractivity contribution in [2.24, 2.45) is 0 Å². The van der Waals surface area contributed by atoms with Crippen molar-refractivity contribution in [1.82, 2.24) is 9.38 Å². The van der Waals surface area contributed by atoms with Crippen LogP contribution < -0.4 is 15.8 Å². The van der Waals surface area contributed by atoms with Crippen molar-refractivity contribution in [2.45, 2.75) is 13.0 Å². The van der Waals surface area contributed by atoms with Crippen LogP contribution in [0.5, 0.6) is 0 Å². The molecule has 2 heterocycles. The SMILES string of the molecule is CC(CN(C)c1ccccc1)Nc1cc(=O)n2ccccc2n1. The first kappa shape index (κ1) is 15.1. The third-order valence-electron chi connectivity index (χ3n) is 3.71. The summed E-state index contributed by atoms with van der Waals surface area (Å²) >= 11 is 0. The van der Waals surface area contributed by atoms with Crippen LogP contribution in [0.3, 0.4) is 0 Å². The van der Waals surface area contributed by atoms with Crippen molar-refractivity contribution in [3.63, 3.8) is 0 Å². The van der Waals surface area contributed by atoms with Crippen LogP contribution >= 0.6 is 0 Å². The van der Waals surface area contributed by atoms with E-state index in [9.17, 15) is 4.79 Å². The van der Waals surface area contributed by atoms with Crippen LogP contribution in [-0.2, 0) is 0 Å². The first-order chi connectivity index (χ1) is 11.1. The maximum absolute atomic E-state index is 12.1. The van der Waals surface area contributed by atoms with Gasteiger partial charge in [0.05, 0.1) is 0 Å². The maximum Gasteiger partial charge on any atom is 0.259 e. The molecule has 5 nitrogen and oxygen atoms in total. The van der Waals surface area contributed by atoms with Gasteiger partial charge in [0.15, 0.2) is 0 Å². The molecule has 23 heavy (non-hydrogen) atoms. The molecule has 0 saturated heterocycles. The average molecular weight is 308 g/mol. The molecule has 1 N–H and O–H groups in total. The van der Waals surface area contributed by atoms with Crippen molar-refractivity contribution < 1.29 is 0 Å². The Kier molecular flexibility index (Phi) is 4.28. The summed E-state index contributed by atoms with van der Waals surface area (Å²) in [7, 11) is 2.05. The highest BCUT2D eigenvalue weighted by Crippen LogP contribution is 2.12. The Morgan fingerprint density at radius 1 is 1.17 bits per heavy atom. The lowest BCUT2D eigenvalue weighted by atomic mass is 10.2. The molecule has 5 heteroatoms. The molecule has 0 amide bonds. The van der Waals surface area contributed by atoms with Gasteiger partial charge in [0.2, 0.25) is 0 Å². The largest absolute Gasteiger partial charge is 0.373 e. The third kappa shape index (κ3) is 3.51. The Morgan fingerprint density at radius 3 is 2.70 bits per heavy atom. The van der Waals surface area contributed by atoms with Gasteiger partial charge in [-0.3, -0.25) is 9.20 Å². The Labute approximate surface area is 135 Å². The average Bonchev–Trinajstić information content (AvgIpc) is 2.55. The van der Waals surface area contributed by atoms with Crippen LogP contribution in [-0.4, -0.2) is 29.0 Å². The second kappa shape index (κ2) is 6.52. The van der Waals surface area contributed by atoms with Crippen molar-refractivity contribution in [2.75, 3.05) is 23.8 Å². The second-order valence-electron chi connectivity index (χ2n) is 5.67. The van der Waals surface area contributed by atoms with Gasteiger partial charge in [0, 0.05) is 37.6 Å². The number of fused-ring (bicyclic) bond motifs is 1. The van der Waals surface area contributed by atoms with Crippen LogP contribution in [0, 0.1) is 0 Å². The van der Waals surface area contributed by atoms with Crippen molar-refractivity contribution in [3.05, 3.63) is 71.1 Å². The van der Waals surface area contributed by atoms with E-state index in [1.165, 1.54) is 10.5 Å². The maximum atomic E-state index is 12.1. The minimum Gasteiger partial charge on any atom is -0.373 e. The number of aromatic nitrogens is 2. The number of hydrogen-bond donors (Lipinski definition) is 1. The van der Waals surface area contributed by atoms with Gasteiger partial charge in [0.1, 0.15) is 11.5 Å². The molecule has 118 valence electrons. The summed E-state index contributed by atoms with van der Waals surface area (Å²) < 4.78 is 1.53. The molecule has 2 aromatic heterocycles. The molecule has 0 fully saturated rings. The number of pyridine rings is 1. The van der Waals surface area contributed by atoms with E-state index in [-0.39, 0.29) is 11.6 Å². The topological polar surface area (TPSA) is 49.6 Å². The summed E-state index contributed by atoms with van der Waals surface area (Å²) in [5, 5.41) is 3.31. The van der Waals surface area contributed by atoms with Crippen LogP contribution in [0.4, 0.5) is 11.5 Å². The number of hydrogen-bond acceptors (Lipinski definition) is 4. The van der Waals surface area contributed by atoms with Gasteiger partial charge in [-0.2, -0.15) is 0 Å². The molecular formula is C18H20N4O. The zero-order valence-corrected chi connectivity index (χ0v) is 13.3. The zero-order chi connectivity index (χ0) is 16.2. The van der Waals surface area contributed by atoms with Gasteiger partial charge in [-0.05, 0) is 31.2 Å². The van der Waals surface area contributed by atoms with Crippen LogP contribution in [0.1, 0.15) is 6.92 Å². The van der Waals surface area contributed by atoms with Crippen molar-refractivity contribution in [3.8, 4) is 0 Å². The van der Waals surface area contributed by atoms with E-state index in [4.69, 9.17) is 0 Å². The smallest absolute Gasteiger partial charge is 0.259 e. The number of rotatable bonds is 5. The number of likely N-dealkylation sites (N-methyl/N-ethyl adjacent to an activating group) is 1. The summed E-state index contributed by atoms with van der Waals surface area (Å²) in [6, 6.07) is 17.4. The fourth-order valence-corrected chi connectivity index (χ4v) is 2.62. The molecule has 0 saturated carbocycles. The summed E-state index contributed by atoms with van der Waals surface area (Å²) in [6.07, 6.45) is 1.72. The Morgan fingerprint density at radius 2 is 1.91 bits per heavy atom. The van der Waals surface area contributed by atoms with E-state index < -0.39 is 0 Å². The predicted octanol–water partition coefficient (Wildman–Crippen LogP) is 2.63. The summed E-state index contributed by atoms with van der Waals surface area (Å²) in [5.74, 6) is 0.607. The fourth-order valence-electron chi connectivity index (χ4n) is 2.62. The van der Waals surface area contributed by atoms with E-state index in [2.05, 4.69) is 41.3 Å². The number of anilines is 2. The lowest BCUT2D eigenvalue weighted by Gasteiger charge is -2.24. The Hall–Kier alpha value is -2.82. The summed E-state index contributed by atoms with van der Waals surface area (Å²) in [6.45, 7) is 2.88. The first-order valence-electron chi connectivity index (χ1n) is 7.64. The number of benzene rings is 1. The van der Waals surface area contributed by atoms with Gasteiger partial charge in [-0.1, -0.05) is 24.3 Å². The van der Waals surface area contributed by atoms with Gasteiger partial charge in [-0.25, -0.2) is 4.98 Å². The normalized spacial score (nSPS) is 12.1. The molecule has 0 aliphatic heterocycles. The van der Waals surface area contributed by atoms with E-state index in [1.54, 1.807) is 6.20 Å². The van der Waals surface area contributed by atoms with Gasteiger partial charge in [-0.15, -0.1) is 0 Å². The lowest BCUT2D eigenvalue weighted by molar-refractivity contribution is 0.755. The highest BCUT2D eigenvalue weighted by molar-refractivity contribution is 5.48. The van der Waals surface area contributed by atoms with Gasteiger partial charge >= 0.3 is 0 Å². The molecule has 1 atom stereocenters. The highest BCUT2D eigenvalue weighted by Gasteiger charge is 2.09. The van der Waals surface area contributed by atoms with Gasteiger partial charge < -0.3 is 10.2 Å². The van der Waals surface area contributed by atoms with Crippen LogP contribution in [0.25, 0.3) is 5.65 Å². The van der Waals surface area contributed by atoms with E-state index in [0.717, 1.165) is 12.2 Å². The van der Waals surface area contributed by atoms with Crippen LogP contribution in [0.2, 0.25) is 0 Å². The highest BCUT2D eigenvalue weighted by atomic mass is 16.1. The zero-order valence-electron chi connectivity index (χ0n) is 13.3. The molecule has 1 unspecified atom stereocenters. The van der Waals surface area contributed by atoms with E-state index in [1.807, 2.05) is 36.4 Å². The van der Waals surface area contributed by atoms with E-state index in [0.29, 0.717) is 11.5 Å². The molecule has 3 aromatic rings. The number of nitrogens with one attached hydrogen (secondary N) is 1. The third-order valence-corrected chi connectivity index (χ3v) is 3.71. The fraction of sp³-hybridized carbons (Fsp3) is 0.222. The Bertz CT molecular complexity index is 844. The molecular weight excluding hydrogens is 288 g/mol. The predicted molar refractivity (Wildman–Crippen MR) is 94.3 cm³/mol. The van der Waals surface area contributed by atoms with Crippen molar-refractivity contribution >= 4 is 17.2 Å². The number of nitrogens with zero attached hydrogens (tertiary/aromatic N) is 3. The molecule has 0 aliphatic carbocycles. The monoisotopic (exact) mass is 308 g/mol. The first-order valence-corrected chi connectivity index (χ1v) is 7.64. The summed E-state index contributed by atoms with van der Waals surface area (Å²) in [5.41, 5.74) is 1.72. The Balaban J connectivity index is 1.73. The molecule has 0 aliphatic rings. The minimum absolute atomic E-state index is 0.0817. The molecule has 0 spiro atoms. The number of para-hydroxylation sites is 1.